The molecule has 124 valence electrons. The summed E-state index contributed by atoms with van der Waals surface area (Å²) in [5.41, 5.74) is 1.08. The number of ether oxygens (including phenoxy) is 1. The summed E-state index contributed by atoms with van der Waals surface area (Å²) in [7, 11) is 0. The number of para-hydroxylation sites is 1. The average molecular weight is 317 g/mol. The zero-order valence-electron chi connectivity index (χ0n) is 13.2. The van der Waals surface area contributed by atoms with E-state index in [1.54, 1.807) is 4.90 Å². The van der Waals surface area contributed by atoms with Gasteiger partial charge < -0.3 is 19.9 Å². The second kappa shape index (κ2) is 7.46. The van der Waals surface area contributed by atoms with Gasteiger partial charge in [-0.05, 0) is 25.0 Å². The fraction of sp³-hybridized carbons (Fsp3) is 0.529. The quantitative estimate of drug-likeness (QED) is 0.898. The van der Waals surface area contributed by atoms with Crippen LogP contribution in [0, 0.1) is 0 Å². The Hall–Kier alpha value is -2.08. The summed E-state index contributed by atoms with van der Waals surface area (Å²) in [5.74, 6) is -0.0691. The fourth-order valence-electron chi connectivity index (χ4n) is 3.07. The number of hydrogen-bond acceptors (Lipinski definition) is 4. The van der Waals surface area contributed by atoms with E-state index in [4.69, 9.17) is 4.74 Å². The van der Waals surface area contributed by atoms with Crippen molar-refractivity contribution < 1.29 is 14.3 Å². The lowest BCUT2D eigenvalue weighted by Gasteiger charge is -2.35. The molecule has 0 aliphatic carbocycles. The molecular formula is C17H23N3O3. The van der Waals surface area contributed by atoms with Crippen molar-refractivity contribution in [1.29, 1.82) is 0 Å². The summed E-state index contributed by atoms with van der Waals surface area (Å²) in [4.78, 5) is 27.7. The van der Waals surface area contributed by atoms with Gasteiger partial charge in [-0.15, -0.1) is 0 Å². The first-order valence-corrected chi connectivity index (χ1v) is 8.17. The van der Waals surface area contributed by atoms with Crippen LogP contribution in [-0.4, -0.2) is 67.0 Å². The highest BCUT2D eigenvalue weighted by Gasteiger charge is 2.27. The molecule has 0 unspecified atom stereocenters. The molecule has 2 fully saturated rings. The van der Waals surface area contributed by atoms with Crippen LogP contribution in [0.4, 0.5) is 5.69 Å². The van der Waals surface area contributed by atoms with Gasteiger partial charge in [0.1, 0.15) is 6.61 Å². The van der Waals surface area contributed by atoms with E-state index in [1.807, 2.05) is 35.2 Å². The minimum atomic E-state index is -0.0967. The van der Waals surface area contributed by atoms with Gasteiger partial charge in [0.25, 0.3) is 0 Å². The SMILES string of the molecule is O=C1COCCN1CC(=O)N1CCC[C@H](Nc2ccccc2)C1. The fourth-order valence-corrected chi connectivity index (χ4v) is 3.07. The van der Waals surface area contributed by atoms with Crippen LogP contribution in [0.5, 0.6) is 0 Å². The maximum absolute atomic E-state index is 12.5. The average Bonchev–Trinajstić information content (AvgIpc) is 2.58. The van der Waals surface area contributed by atoms with Crippen molar-refractivity contribution in [3.8, 4) is 0 Å². The lowest BCUT2D eigenvalue weighted by molar-refractivity contribution is -0.148. The highest BCUT2D eigenvalue weighted by atomic mass is 16.5. The van der Waals surface area contributed by atoms with E-state index in [0.717, 1.165) is 25.1 Å². The zero-order valence-corrected chi connectivity index (χ0v) is 13.2. The number of nitrogens with zero attached hydrogens (tertiary/aromatic N) is 2. The van der Waals surface area contributed by atoms with Crippen molar-refractivity contribution in [2.75, 3.05) is 44.7 Å². The molecule has 0 spiro atoms. The van der Waals surface area contributed by atoms with Gasteiger partial charge in [-0.1, -0.05) is 18.2 Å². The third-order valence-corrected chi connectivity index (χ3v) is 4.33. The van der Waals surface area contributed by atoms with Crippen LogP contribution in [0.2, 0.25) is 0 Å². The normalized spacial score (nSPS) is 22.1. The van der Waals surface area contributed by atoms with E-state index < -0.39 is 0 Å². The maximum atomic E-state index is 12.5. The van der Waals surface area contributed by atoms with Crippen LogP contribution in [0.15, 0.2) is 30.3 Å². The van der Waals surface area contributed by atoms with Crippen molar-refractivity contribution >= 4 is 17.5 Å². The third-order valence-electron chi connectivity index (χ3n) is 4.33. The van der Waals surface area contributed by atoms with Gasteiger partial charge in [0.15, 0.2) is 0 Å². The number of carbonyl (C=O) groups is 2. The molecule has 1 aromatic carbocycles. The maximum Gasteiger partial charge on any atom is 0.249 e. The molecule has 1 N–H and O–H groups in total. The predicted molar refractivity (Wildman–Crippen MR) is 87.1 cm³/mol. The number of rotatable bonds is 4. The molecular weight excluding hydrogens is 294 g/mol. The molecule has 2 aliphatic heterocycles. The van der Waals surface area contributed by atoms with E-state index in [2.05, 4.69) is 5.32 Å². The number of anilines is 1. The Kier molecular flexibility index (Phi) is 5.12. The van der Waals surface area contributed by atoms with Crippen molar-refractivity contribution in [3.63, 3.8) is 0 Å². The first-order chi connectivity index (χ1) is 11.2. The second-order valence-electron chi connectivity index (χ2n) is 6.06. The molecule has 6 heteroatoms. The van der Waals surface area contributed by atoms with E-state index in [-0.39, 0.29) is 31.0 Å². The summed E-state index contributed by atoms with van der Waals surface area (Å²) in [6.45, 7) is 2.73. The summed E-state index contributed by atoms with van der Waals surface area (Å²) in [6.07, 6.45) is 2.03. The highest BCUT2D eigenvalue weighted by Crippen LogP contribution is 2.16. The smallest absolute Gasteiger partial charge is 0.249 e. The predicted octanol–water partition coefficient (Wildman–Crippen LogP) is 0.948. The number of piperidine rings is 1. The first kappa shape index (κ1) is 15.8. The zero-order chi connectivity index (χ0) is 16.1. The van der Waals surface area contributed by atoms with Crippen molar-refractivity contribution in [2.24, 2.45) is 0 Å². The van der Waals surface area contributed by atoms with Gasteiger partial charge in [0.05, 0.1) is 13.2 Å². The van der Waals surface area contributed by atoms with Gasteiger partial charge >= 0.3 is 0 Å². The molecule has 0 bridgehead atoms. The molecule has 23 heavy (non-hydrogen) atoms. The molecule has 0 radical (unpaired) electrons. The lowest BCUT2D eigenvalue weighted by Crippen LogP contribution is -2.51. The Morgan fingerprint density at radius 3 is 2.87 bits per heavy atom. The molecule has 3 rings (SSSR count). The van der Waals surface area contributed by atoms with Gasteiger partial charge in [0, 0.05) is 31.4 Å². The number of hydrogen-bond donors (Lipinski definition) is 1. The van der Waals surface area contributed by atoms with E-state index in [0.29, 0.717) is 19.7 Å². The van der Waals surface area contributed by atoms with Crippen LogP contribution >= 0.6 is 0 Å². The molecule has 6 nitrogen and oxygen atoms in total. The van der Waals surface area contributed by atoms with E-state index >= 15 is 0 Å². The number of likely N-dealkylation sites (tertiary alicyclic amines) is 1. The van der Waals surface area contributed by atoms with Crippen LogP contribution < -0.4 is 5.32 Å². The van der Waals surface area contributed by atoms with Crippen molar-refractivity contribution in [1.82, 2.24) is 9.80 Å². The Morgan fingerprint density at radius 2 is 2.09 bits per heavy atom. The summed E-state index contributed by atoms with van der Waals surface area (Å²) >= 11 is 0. The van der Waals surface area contributed by atoms with E-state index in [1.165, 1.54) is 0 Å². The van der Waals surface area contributed by atoms with Gasteiger partial charge in [-0.2, -0.15) is 0 Å². The summed E-state index contributed by atoms with van der Waals surface area (Å²) in [5, 5.41) is 3.48. The Bertz CT molecular complexity index is 549. The minimum absolute atomic E-state index is 0.0276. The summed E-state index contributed by atoms with van der Waals surface area (Å²) < 4.78 is 5.10. The van der Waals surface area contributed by atoms with Gasteiger partial charge in [0.2, 0.25) is 11.8 Å². The second-order valence-corrected chi connectivity index (χ2v) is 6.06. The molecule has 1 aromatic rings. The summed E-state index contributed by atoms with van der Waals surface area (Å²) in [6, 6.07) is 10.3. The largest absolute Gasteiger partial charge is 0.381 e. The molecule has 2 heterocycles. The van der Waals surface area contributed by atoms with Crippen LogP contribution in [0.3, 0.4) is 0 Å². The van der Waals surface area contributed by atoms with Crippen molar-refractivity contribution in [2.45, 2.75) is 18.9 Å². The highest BCUT2D eigenvalue weighted by molar-refractivity contribution is 5.85. The molecule has 2 saturated heterocycles. The van der Waals surface area contributed by atoms with Crippen LogP contribution in [-0.2, 0) is 14.3 Å². The number of benzene rings is 1. The first-order valence-electron chi connectivity index (χ1n) is 8.17. The molecule has 2 aliphatic rings. The topological polar surface area (TPSA) is 61.9 Å². The monoisotopic (exact) mass is 317 g/mol. The van der Waals surface area contributed by atoms with Crippen LogP contribution in [0.1, 0.15) is 12.8 Å². The van der Waals surface area contributed by atoms with Gasteiger partial charge in [-0.3, -0.25) is 9.59 Å². The lowest BCUT2D eigenvalue weighted by atomic mass is 10.1. The number of morpholine rings is 1. The molecule has 0 aromatic heterocycles. The van der Waals surface area contributed by atoms with Crippen LogP contribution in [0.25, 0.3) is 0 Å². The number of nitrogens with one attached hydrogen (secondary N) is 1. The van der Waals surface area contributed by atoms with Gasteiger partial charge in [-0.25, -0.2) is 0 Å². The number of carbonyl (C=O) groups excluding carboxylic acids is 2. The Morgan fingerprint density at radius 1 is 1.26 bits per heavy atom. The standard InChI is InChI=1S/C17H23N3O3/c21-16(12-20-9-10-23-13-17(20)22)19-8-4-7-15(11-19)18-14-5-2-1-3-6-14/h1-3,5-6,15,18H,4,7-13H2/t15-/m0/s1. The molecule has 0 saturated carbocycles. The van der Waals surface area contributed by atoms with E-state index in [9.17, 15) is 9.59 Å². The third kappa shape index (κ3) is 4.22. The van der Waals surface area contributed by atoms with Crippen molar-refractivity contribution in [3.05, 3.63) is 30.3 Å². The Balaban J connectivity index is 1.53. The molecule has 1 atom stereocenters. The molecule has 2 amide bonds. The number of amides is 2. The minimum Gasteiger partial charge on any atom is -0.381 e. The Labute approximate surface area is 136 Å².